The van der Waals surface area contributed by atoms with Gasteiger partial charge in [0.05, 0.1) is 0 Å². The molecule has 0 saturated heterocycles. The fourth-order valence-electron chi connectivity index (χ4n) is 2.10. The minimum Gasteiger partial charge on any atom is -0.451 e. The summed E-state index contributed by atoms with van der Waals surface area (Å²) in [7, 11) is 0. The van der Waals surface area contributed by atoms with Crippen LogP contribution < -0.4 is 0 Å². The third-order valence-corrected chi connectivity index (χ3v) is 4.51. The molecule has 0 atom stereocenters. The van der Waals surface area contributed by atoms with Crippen molar-refractivity contribution in [2.75, 3.05) is 0 Å². The summed E-state index contributed by atoms with van der Waals surface area (Å²) in [6.45, 7) is 0. The van der Waals surface area contributed by atoms with E-state index in [9.17, 15) is 9.59 Å². The Hall–Kier alpha value is -1.98. The van der Waals surface area contributed by atoms with Crippen LogP contribution in [0, 0.1) is 0 Å². The first-order valence-corrected chi connectivity index (χ1v) is 8.34. The van der Waals surface area contributed by atoms with Crippen LogP contribution in [0.4, 0.5) is 0 Å². The summed E-state index contributed by atoms with van der Waals surface area (Å²) in [5.74, 6) is -0.182. The number of hydrogen-bond donors (Lipinski definition) is 0. The number of ether oxygens (including phenoxy) is 1. The standard InChI is InChI=1S/C18H10Br2O3/c19-13-8-6-11(7-9-13)14(21)10-15-17(22)16(20)18(23-15)12-4-2-1-3-5-12/h1-10H/b15-10-. The van der Waals surface area contributed by atoms with Gasteiger partial charge in [0.1, 0.15) is 4.48 Å². The minimum absolute atomic E-state index is 0.0173. The molecule has 0 radical (unpaired) electrons. The molecule has 0 bridgehead atoms. The van der Waals surface area contributed by atoms with E-state index in [2.05, 4.69) is 31.9 Å². The van der Waals surface area contributed by atoms with Crippen LogP contribution in [-0.2, 0) is 9.53 Å². The molecule has 0 spiro atoms. The van der Waals surface area contributed by atoms with Crippen LogP contribution in [-0.4, -0.2) is 11.6 Å². The quantitative estimate of drug-likeness (QED) is 0.511. The van der Waals surface area contributed by atoms with Gasteiger partial charge in [0.2, 0.25) is 5.78 Å². The Kier molecular flexibility index (Phi) is 4.59. The van der Waals surface area contributed by atoms with Crippen LogP contribution in [0.5, 0.6) is 0 Å². The van der Waals surface area contributed by atoms with Crippen LogP contribution in [0.1, 0.15) is 15.9 Å². The minimum atomic E-state index is -0.339. The number of rotatable bonds is 3. The number of carbonyl (C=O) groups excluding carboxylic acids is 2. The topological polar surface area (TPSA) is 43.4 Å². The first-order valence-electron chi connectivity index (χ1n) is 6.75. The van der Waals surface area contributed by atoms with E-state index in [-0.39, 0.29) is 17.3 Å². The van der Waals surface area contributed by atoms with Crippen molar-refractivity contribution in [1.29, 1.82) is 0 Å². The molecule has 0 saturated carbocycles. The molecule has 5 heteroatoms. The highest BCUT2D eigenvalue weighted by Crippen LogP contribution is 2.35. The normalized spacial score (nSPS) is 15.9. The lowest BCUT2D eigenvalue weighted by atomic mass is 10.1. The van der Waals surface area contributed by atoms with E-state index in [4.69, 9.17) is 4.74 Å². The van der Waals surface area contributed by atoms with Gasteiger partial charge < -0.3 is 4.74 Å². The third kappa shape index (κ3) is 3.35. The number of ketones is 2. The highest BCUT2D eigenvalue weighted by Gasteiger charge is 2.30. The second kappa shape index (κ2) is 6.64. The maximum Gasteiger partial charge on any atom is 0.239 e. The largest absolute Gasteiger partial charge is 0.451 e. The zero-order valence-corrected chi connectivity index (χ0v) is 14.9. The molecule has 3 rings (SSSR count). The monoisotopic (exact) mass is 432 g/mol. The van der Waals surface area contributed by atoms with Gasteiger partial charge in [-0.3, -0.25) is 9.59 Å². The smallest absolute Gasteiger partial charge is 0.239 e. The van der Waals surface area contributed by atoms with Gasteiger partial charge >= 0.3 is 0 Å². The van der Waals surface area contributed by atoms with Gasteiger partial charge in [-0.25, -0.2) is 0 Å². The molecule has 0 fully saturated rings. The van der Waals surface area contributed by atoms with E-state index in [1.807, 2.05) is 30.3 Å². The first kappa shape index (κ1) is 15.9. The molecule has 0 aliphatic carbocycles. The molecule has 1 heterocycles. The fourth-order valence-corrected chi connectivity index (χ4v) is 2.87. The van der Waals surface area contributed by atoms with E-state index in [1.54, 1.807) is 24.3 Å². The van der Waals surface area contributed by atoms with Gasteiger partial charge in [-0.1, -0.05) is 46.3 Å². The van der Waals surface area contributed by atoms with E-state index in [0.717, 1.165) is 10.0 Å². The number of benzene rings is 2. The van der Waals surface area contributed by atoms with Crippen molar-refractivity contribution in [1.82, 2.24) is 0 Å². The highest BCUT2D eigenvalue weighted by atomic mass is 79.9. The van der Waals surface area contributed by atoms with E-state index < -0.39 is 0 Å². The lowest BCUT2D eigenvalue weighted by Gasteiger charge is -2.04. The molecule has 3 nitrogen and oxygen atoms in total. The highest BCUT2D eigenvalue weighted by molar-refractivity contribution is 9.12. The summed E-state index contributed by atoms with van der Waals surface area (Å²) in [4.78, 5) is 24.5. The second-order valence-electron chi connectivity index (χ2n) is 4.82. The summed E-state index contributed by atoms with van der Waals surface area (Å²) in [6, 6.07) is 16.2. The van der Waals surface area contributed by atoms with Gasteiger partial charge in [0, 0.05) is 21.7 Å². The van der Waals surface area contributed by atoms with Crippen LogP contribution in [0.15, 0.2) is 75.4 Å². The second-order valence-corrected chi connectivity index (χ2v) is 6.53. The first-order chi connectivity index (χ1) is 11.1. The number of allylic oxidation sites excluding steroid dienone is 2. The molecule has 2 aromatic rings. The molecule has 23 heavy (non-hydrogen) atoms. The molecule has 0 amide bonds. The predicted molar refractivity (Wildman–Crippen MR) is 94.9 cm³/mol. The molecular formula is C18H10Br2O3. The summed E-state index contributed by atoms with van der Waals surface area (Å²) < 4.78 is 6.80. The summed E-state index contributed by atoms with van der Waals surface area (Å²) in [6.07, 6.45) is 1.22. The molecule has 2 aromatic carbocycles. The number of halogens is 2. The maximum absolute atomic E-state index is 12.3. The molecule has 114 valence electrons. The van der Waals surface area contributed by atoms with Crippen LogP contribution in [0.3, 0.4) is 0 Å². The average Bonchev–Trinajstić information content (AvgIpc) is 2.85. The van der Waals surface area contributed by atoms with Crippen LogP contribution in [0.2, 0.25) is 0 Å². The summed E-state index contributed by atoms with van der Waals surface area (Å²) in [5.41, 5.74) is 1.26. The van der Waals surface area contributed by atoms with Crippen LogP contribution in [0.25, 0.3) is 5.76 Å². The number of Topliss-reactive ketones (excluding diaryl/α,β-unsaturated/α-hetero) is 1. The van der Waals surface area contributed by atoms with Gasteiger partial charge in [-0.2, -0.15) is 0 Å². The molecule has 0 aromatic heterocycles. The van der Waals surface area contributed by atoms with Crippen molar-refractivity contribution >= 4 is 49.2 Å². The fraction of sp³-hybridized carbons (Fsp3) is 0. The Balaban J connectivity index is 1.87. The van der Waals surface area contributed by atoms with E-state index in [0.29, 0.717) is 15.8 Å². The summed E-state index contributed by atoms with van der Waals surface area (Å²) >= 11 is 6.57. The molecule has 0 unspecified atom stereocenters. The van der Waals surface area contributed by atoms with E-state index >= 15 is 0 Å². The van der Waals surface area contributed by atoms with Crippen molar-refractivity contribution in [3.05, 3.63) is 86.5 Å². The molecule has 0 N–H and O–H groups in total. The lowest BCUT2D eigenvalue weighted by molar-refractivity contribution is -0.112. The van der Waals surface area contributed by atoms with Gasteiger partial charge in [-0.05, 0) is 40.2 Å². The Labute approximate surface area is 149 Å². The molecule has 1 aliphatic heterocycles. The zero-order chi connectivity index (χ0) is 16.4. The third-order valence-electron chi connectivity index (χ3n) is 3.26. The van der Waals surface area contributed by atoms with Gasteiger partial charge in [0.15, 0.2) is 17.3 Å². The van der Waals surface area contributed by atoms with Gasteiger partial charge in [-0.15, -0.1) is 0 Å². The molecule has 1 aliphatic rings. The average molecular weight is 434 g/mol. The van der Waals surface area contributed by atoms with Crippen molar-refractivity contribution in [3.8, 4) is 0 Å². The van der Waals surface area contributed by atoms with Crippen molar-refractivity contribution < 1.29 is 14.3 Å². The SMILES string of the molecule is O=C1C(Br)=C(c2ccccc2)O/C1=C\C(=O)c1ccc(Br)cc1. The Morgan fingerprint density at radius 3 is 2.26 bits per heavy atom. The van der Waals surface area contributed by atoms with Crippen LogP contribution >= 0.6 is 31.9 Å². The van der Waals surface area contributed by atoms with Crippen molar-refractivity contribution in [3.63, 3.8) is 0 Å². The van der Waals surface area contributed by atoms with Gasteiger partial charge in [0.25, 0.3) is 0 Å². The number of carbonyl (C=O) groups is 2. The Morgan fingerprint density at radius 1 is 0.957 bits per heavy atom. The zero-order valence-electron chi connectivity index (χ0n) is 11.8. The molecular weight excluding hydrogens is 424 g/mol. The maximum atomic E-state index is 12.3. The number of hydrogen-bond acceptors (Lipinski definition) is 3. The van der Waals surface area contributed by atoms with Crippen molar-refractivity contribution in [2.45, 2.75) is 0 Å². The Morgan fingerprint density at radius 2 is 1.61 bits per heavy atom. The van der Waals surface area contributed by atoms with Crippen molar-refractivity contribution in [2.24, 2.45) is 0 Å². The summed E-state index contributed by atoms with van der Waals surface area (Å²) in [5, 5.41) is 0. The lowest BCUT2D eigenvalue weighted by Crippen LogP contribution is -2.02. The predicted octanol–water partition coefficient (Wildman–Crippen LogP) is 4.88. The van der Waals surface area contributed by atoms with E-state index in [1.165, 1.54) is 6.08 Å². The Bertz CT molecular complexity index is 834.